The summed E-state index contributed by atoms with van der Waals surface area (Å²) in [6.07, 6.45) is 15.2. The first kappa shape index (κ1) is 105. The summed E-state index contributed by atoms with van der Waals surface area (Å²) in [6.45, 7) is 27.8. The Morgan fingerprint density at radius 3 is 0.787 bits per heavy atom. The molecule has 0 spiro atoms. The number of hydrogen-bond donors (Lipinski definition) is 4. The fourth-order valence-corrected chi connectivity index (χ4v) is 32.5. The van der Waals surface area contributed by atoms with Crippen LogP contribution in [0.4, 0.5) is 0 Å². The molecular weight excluding hydrogens is 2520 g/mol. The van der Waals surface area contributed by atoms with E-state index in [-0.39, 0.29) is 170 Å². The van der Waals surface area contributed by atoms with Crippen LogP contribution in [0.2, 0.25) is 0 Å². The zero-order chi connectivity index (χ0) is 87.7. The topological polar surface area (TPSA) is 80.9 Å². The fourth-order valence-electron chi connectivity index (χ4n) is 11.5. The van der Waals surface area contributed by atoms with Gasteiger partial charge in [0.15, 0.2) is 0 Å². The van der Waals surface area contributed by atoms with Crippen LogP contribution in [0.25, 0.3) is 0 Å². The van der Waals surface area contributed by atoms with Gasteiger partial charge in [-0.1, -0.05) is 0 Å². The van der Waals surface area contributed by atoms with Crippen LogP contribution in [0.5, 0.6) is 23.0 Å². The third kappa shape index (κ3) is 49.8. The number of benzene rings is 13. The first-order valence-electron chi connectivity index (χ1n) is 41.9. The summed E-state index contributed by atoms with van der Waals surface area (Å²) in [6, 6.07) is 121. The SMILES string of the molecule is CC(C)(C)CCCCc1cc([I-]c2ccc(O)cc2)ccc1O.CC(C)(C)CCCCc1cccc([I-]c2cccc([I-]c3ccccc3)c2)c1.CC(C)(C)CCC[I-]c1ccccc1.C[I-]CCCC(C)(C)C.Oc1ccc([I-]c2ccc(O)cc2)cc1.c1ccc([I-]c2cccc([I-]c3ccccc3)c2)cc1.c1ccc([I-]c2ccccc2)cc1. The molecule has 0 bridgehead atoms. The van der Waals surface area contributed by atoms with Gasteiger partial charge in [-0.25, -0.2) is 0 Å². The molecular formula is C109H128I9O4-9. The first-order valence-corrected chi connectivity index (χ1v) is 63.3. The predicted molar refractivity (Wildman–Crippen MR) is 478 cm³/mol. The summed E-state index contributed by atoms with van der Waals surface area (Å²) in [5, 5.41) is 37.7. The van der Waals surface area contributed by atoms with E-state index in [9.17, 15) is 10.2 Å². The van der Waals surface area contributed by atoms with Gasteiger partial charge in [-0.05, 0) is 0 Å². The zero-order valence-electron chi connectivity index (χ0n) is 73.5. The van der Waals surface area contributed by atoms with Gasteiger partial charge in [0, 0.05) is 0 Å². The number of rotatable bonds is 29. The molecule has 660 valence electrons. The molecule has 4 nitrogen and oxygen atoms in total. The molecule has 13 heteroatoms. The molecule has 13 aromatic rings. The van der Waals surface area contributed by atoms with E-state index in [4.69, 9.17) is 10.2 Å². The second-order valence-electron chi connectivity index (χ2n) is 33.8. The van der Waals surface area contributed by atoms with E-state index in [1.165, 1.54) is 125 Å². The number of aryl methyl sites for hydroxylation is 2. The minimum absolute atomic E-state index is 0.0287. The summed E-state index contributed by atoms with van der Waals surface area (Å²) in [4.78, 5) is 2.36. The van der Waals surface area contributed by atoms with Gasteiger partial charge in [-0.15, -0.1) is 0 Å². The van der Waals surface area contributed by atoms with Crippen molar-refractivity contribution >= 4 is 0 Å². The van der Waals surface area contributed by atoms with Gasteiger partial charge in [0.1, 0.15) is 0 Å². The summed E-state index contributed by atoms with van der Waals surface area (Å²) in [5.41, 5.74) is 4.50. The zero-order valence-corrected chi connectivity index (χ0v) is 92.9. The molecule has 122 heavy (non-hydrogen) atoms. The van der Waals surface area contributed by atoms with Crippen molar-refractivity contribution in [1.82, 2.24) is 0 Å². The predicted octanol–water partition coefficient (Wildman–Crippen LogP) is -0.0250. The van der Waals surface area contributed by atoms with E-state index in [1.54, 1.807) is 43.5 Å². The number of phenolic OH excluding ortho intramolecular Hbond substituents is 4. The van der Waals surface area contributed by atoms with Crippen molar-refractivity contribution in [3.63, 3.8) is 0 Å². The molecule has 0 saturated heterocycles. The van der Waals surface area contributed by atoms with Crippen LogP contribution >= 0.6 is 0 Å². The van der Waals surface area contributed by atoms with Crippen LogP contribution in [0.1, 0.15) is 158 Å². The van der Waals surface area contributed by atoms with Crippen molar-refractivity contribution in [2.75, 3.05) is 13.8 Å². The van der Waals surface area contributed by atoms with Crippen molar-refractivity contribution in [2.24, 2.45) is 21.7 Å². The quantitative estimate of drug-likeness (QED) is 0.0303. The van der Waals surface area contributed by atoms with Crippen LogP contribution in [-0.2, 0) is 12.8 Å². The fraction of sp³-hybridized carbons (Fsp3) is 0.284. The van der Waals surface area contributed by atoms with Crippen LogP contribution in [0.3, 0.4) is 0 Å². The van der Waals surface area contributed by atoms with E-state index in [0.29, 0.717) is 65.9 Å². The van der Waals surface area contributed by atoms with Gasteiger partial charge in [0.2, 0.25) is 0 Å². The molecule has 0 aromatic heterocycles. The molecule has 13 aromatic carbocycles. The molecule has 13 rings (SSSR count). The first-order chi connectivity index (χ1) is 58.5. The second-order valence-corrected chi connectivity index (χ2v) is 60.7. The van der Waals surface area contributed by atoms with Gasteiger partial charge < -0.3 is 0 Å². The Balaban J connectivity index is 0.000000201. The van der Waals surface area contributed by atoms with E-state index < -0.39 is 0 Å². The number of alkyl halides is 3. The van der Waals surface area contributed by atoms with E-state index in [1.807, 2.05) is 48.5 Å². The van der Waals surface area contributed by atoms with Crippen LogP contribution in [0, 0.1) is 75.2 Å². The molecule has 0 saturated carbocycles. The van der Waals surface area contributed by atoms with Crippen molar-refractivity contribution in [3.8, 4) is 23.0 Å². The Kier molecular flexibility index (Phi) is 50.6. The molecule has 0 unspecified atom stereocenters. The second kappa shape index (κ2) is 59.0. The van der Waals surface area contributed by atoms with E-state index in [0.717, 1.165) is 18.4 Å². The third-order valence-electron chi connectivity index (χ3n) is 17.7. The number of unbranched alkanes of at least 4 members (excludes halogenated alkanes) is 2. The monoisotopic (exact) mass is 2640 g/mol. The van der Waals surface area contributed by atoms with E-state index in [2.05, 4.69) is 349 Å². The Labute approximate surface area is 828 Å². The van der Waals surface area contributed by atoms with Gasteiger partial charge in [0.05, 0.1) is 0 Å². The Hall–Kier alpha value is -4.37. The summed E-state index contributed by atoms with van der Waals surface area (Å²) >= 11 is 0.0909. The summed E-state index contributed by atoms with van der Waals surface area (Å²) in [7, 11) is 0. The average Bonchev–Trinajstić information content (AvgIpc) is 0.869. The van der Waals surface area contributed by atoms with Crippen molar-refractivity contribution in [2.45, 2.75) is 160 Å². The molecule has 0 aliphatic carbocycles. The van der Waals surface area contributed by atoms with E-state index >= 15 is 0 Å². The molecule has 4 N–H and O–H groups in total. The number of halogens is 9. The van der Waals surface area contributed by atoms with Crippen LogP contribution in [0.15, 0.2) is 346 Å². The summed E-state index contributed by atoms with van der Waals surface area (Å²) < 4.78 is 24.7. The van der Waals surface area contributed by atoms with Crippen LogP contribution < -0.4 is 191 Å². The van der Waals surface area contributed by atoms with Crippen molar-refractivity contribution in [3.05, 3.63) is 410 Å². The van der Waals surface area contributed by atoms with Crippen molar-refractivity contribution in [1.29, 1.82) is 0 Å². The molecule has 0 aliphatic heterocycles. The molecule has 0 amide bonds. The summed E-state index contributed by atoms with van der Waals surface area (Å²) in [5.74, 6) is 1.32. The molecule has 0 aliphatic rings. The molecule has 0 radical (unpaired) electrons. The third-order valence-corrected chi connectivity index (χ3v) is 41.0. The van der Waals surface area contributed by atoms with Crippen LogP contribution in [-0.4, -0.2) is 34.2 Å². The average molecular weight is 2640 g/mol. The van der Waals surface area contributed by atoms with Gasteiger partial charge in [0.25, 0.3) is 0 Å². The maximum absolute atomic E-state index is 10.1. The standard InChI is InChI=1S/C26H30I2.C20H26IO2.C18H14I2.C13H20I.C12H10IO2.C12H10I.C8H18I/c1-26(2,3)18-8-7-11-21-12-9-15-23(19-21)28-25-17-10-16-24(20-25)27-22-13-5-4-6-14-22;1-20(2,3)13-5-4-6-15-14-17(9-12-19(15)23)21-16-7-10-18(22)11-8-16;1-3-8-15(9-4-1)19-17-12-7-13-18(14-17)20-16-10-5-2-6-11-16;1-13(2,3)10-7-11-14-12-8-5-4-6-9-12;14-11-5-1-9(2-6-11)13-10-3-7-12(15)8-4-10;1-3-7-11(8-4-1)13-12-9-5-2-6-10-12;1-8(2,3)6-5-7-9-4/h4-6,9-10,12-17,19-20H,7-8,11,18H2,1-3H3;7-12,14,22-23H,4-6,13H2,1-3H3;1-14H;4-6,8-9H,7,10-11H2,1-3H3;1-8,14-15H;1-10H;5-7H2,1-4H3/q-2;-1;-2;4*-1. The van der Waals surface area contributed by atoms with Gasteiger partial charge in [-0.3, -0.25) is 0 Å². The number of aromatic hydroxyl groups is 4. The van der Waals surface area contributed by atoms with Crippen molar-refractivity contribution < 1.29 is 211 Å². The Bertz CT molecular complexity index is 4780. The molecule has 0 heterocycles. The van der Waals surface area contributed by atoms with Gasteiger partial charge >= 0.3 is 840 Å². The minimum atomic E-state index is -0.274. The maximum atomic E-state index is 10.1. The Morgan fingerprint density at radius 1 is 0.213 bits per heavy atom. The number of hydrogen-bond acceptors (Lipinski definition) is 4. The molecule has 0 fully saturated rings. The molecule has 0 atom stereocenters. The number of phenols is 4. The normalized spacial score (nSPS) is 11.4. The van der Waals surface area contributed by atoms with Gasteiger partial charge in [-0.2, -0.15) is 0 Å². The Morgan fingerprint density at radius 2 is 0.459 bits per heavy atom.